The van der Waals surface area contributed by atoms with Crippen LogP contribution >= 0.6 is 11.6 Å². The number of nitrogens with zero attached hydrogens (tertiary/aromatic N) is 1. The van der Waals surface area contributed by atoms with Crippen molar-refractivity contribution in [3.8, 4) is 0 Å². The van der Waals surface area contributed by atoms with E-state index in [1.54, 1.807) is 24.4 Å². The van der Waals surface area contributed by atoms with E-state index >= 15 is 0 Å². The number of nitrogen functional groups attached to an aromatic ring is 1. The molecule has 0 saturated carbocycles. The van der Waals surface area contributed by atoms with Crippen LogP contribution in [0.2, 0.25) is 5.02 Å². The summed E-state index contributed by atoms with van der Waals surface area (Å²) in [5.74, 6) is -0.224. The van der Waals surface area contributed by atoms with Gasteiger partial charge in [0.2, 0.25) is 0 Å². The molecule has 0 bridgehead atoms. The third-order valence-electron chi connectivity index (χ3n) is 2.78. The average molecular weight is 278 g/mol. The maximum atomic E-state index is 12.3. The second kappa shape index (κ2) is 5.36. The fourth-order valence-electron chi connectivity index (χ4n) is 1.86. The Kier molecular flexibility index (Phi) is 3.81. The molecule has 1 aromatic carbocycles. The third-order valence-corrected chi connectivity index (χ3v) is 3.11. The van der Waals surface area contributed by atoms with E-state index in [-0.39, 0.29) is 11.9 Å². The second-order valence-electron chi connectivity index (χ2n) is 4.59. The highest BCUT2D eigenvalue weighted by Crippen LogP contribution is 2.23. The van der Waals surface area contributed by atoms with E-state index in [0.717, 1.165) is 0 Å². The number of hydrogen-bond donors (Lipinski definition) is 2. The van der Waals surface area contributed by atoms with Crippen molar-refractivity contribution < 1.29 is 4.79 Å². The van der Waals surface area contributed by atoms with Crippen LogP contribution in [0.25, 0.3) is 0 Å². The molecule has 1 amide bonds. The predicted molar refractivity (Wildman–Crippen MR) is 78.6 cm³/mol. The Morgan fingerprint density at radius 3 is 2.68 bits per heavy atom. The zero-order valence-corrected chi connectivity index (χ0v) is 11.6. The van der Waals surface area contributed by atoms with Crippen molar-refractivity contribution in [3.63, 3.8) is 0 Å². The molecule has 3 N–H and O–H groups in total. The van der Waals surface area contributed by atoms with Crippen molar-refractivity contribution in [2.24, 2.45) is 0 Å². The van der Waals surface area contributed by atoms with E-state index in [1.165, 1.54) is 0 Å². The normalized spacial score (nSPS) is 10.7. The third kappa shape index (κ3) is 2.90. The number of carbonyl (C=O) groups excluding carboxylic acids is 1. The van der Waals surface area contributed by atoms with E-state index in [4.69, 9.17) is 17.3 Å². The monoisotopic (exact) mass is 277 g/mol. The van der Waals surface area contributed by atoms with E-state index in [2.05, 4.69) is 5.32 Å². The van der Waals surface area contributed by atoms with Crippen LogP contribution in [0.3, 0.4) is 0 Å². The number of nitrogens with two attached hydrogens (primary N) is 1. The van der Waals surface area contributed by atoms with Gasteiger partial charge in [0.1, 0.15) is 5.69 Å². The quantitative estimate of drug-likeness (QED) is 0.901. The SMILES string of the molecule is CC(C)n1cc(N)cc1C(=O)Nc1ccccc1Cl. The molecule has 0 unspecified atom stereocenters. The zero-order valence-electron chi connectivity index (χ0n) is 10.9. The minimum absolute atomic E-state index is 0.157. The maximum Gasteiger partial charge on any atom is 0.272 e. The van der Waals surface area contributed by atoms with Gasteiger partial charge in [-0.05, 0) is 32.0 Å². The number of aromatic nitrogens is 1. The highest BCUT2D eigenvalue weighted by Gasteiger charge is 2.15. The molecule has 0 spiro atoms. The highest BCUT2D eigenvalue weighted by molar-refractivity contribution is 6.33. The van der Waals surface area contributed by atoms with Crippen LogP contribution in [0.15, 0.2) is 36.5 Å². The number of carbonyl (C=O) groups is 1. The van der Waals surface area contributed by atoms with Gasteiger partial charge in [0.05, 0.1) is 16.4 Å². The molecule has 5 heteroatoms. The molecule has 1 aromatic heterocycles. The van der Waals surface area contributed by atoms with Crippen LogP contribution in [0.1, 0.15) is 30.4 Å². The summed E-state index contributed by atoms with van der Waals surface area (Å²) < 4.78 is 1.83. The van der Waals surface area contributed by atoms with Crippen molar-refractivity contribution >= 4 is 28.9 Å². The summed E-state index contributed by atoms with van der Waals surface area (Å²) >= 11 is 6.02. The van der Waals surface area contributed by atoms with Gasteiger partial charge >= 0.3 is 0 Å². The first-order valence-corrected chi connectivity index (χ1v) is 6.40. The van der Waals surface area contributed by atoms with Crippen LogP contribution < -0.4 is 11.1 Å². The van der Waals surface area contributed by atoms with Crippen LogP contribution in [0.4, 0.5) is 11.4 Å². The van der Waals surface area contributed by atoms with E-state index < -0.39 is 0 Å². The molecule has 0 saturated heterocycles. The Morgan fingerprint density at radius 1 is 1.37 bits per heavy atom. The Labute approximate surface area is 117 Å². The molecule has 2 rings (SSSR count). The summed E-state index contributed by atoms with van der Waals surface area (Å²) in [6.07, 6.45) is 1.76. The summed E-state index contributed by atoms with van der Waals surface area (Å²) in [5.41, 5.74) is 7.43. The summed E-state index contributed by atoms with van der Waals surface area (Å²) in [6, 6.07) is 8.93. The van der Waals surface area contributed by atoms with E-state index in [1.807, 2.05) is 30.5 Å². The first kappa shape index (κ1) is 13.5. The lowest BCUT2D eigenvalue weighted by molar-refractivity contribution is 0.101. The predicted octanol–water partition coefficient (Wildman–Crippen LogP) is 3.56. The second-order valence-corrected chi connectivity index (χ2v) is 5.00. The largest absolute Gasteiger partial charge is 0.397 e. The van der Waals surface area contributed by atoms with Crippen molar-refractivity contribution in [3.05, 3.63) is 47.2 Å². The van der Waals surface area contributed by atoms with Crippen molar-refractivity contribution in [2.45, 2.75) is 19.9 Å². The van der Waals surface area contributed by atoms with E-state index in [9.17, 15) is 4.79 Å². The van der Waals surface area contributed by atoms with Crippen molar-refractivity contribution in [2.75, 3.05) is 11.1 Å². The molecule has 0 radical (unpaired) electrons. The summed E-state index contributed by atoms with van der Waals surface area (Å²) in [7, 11) is 0. The Balaban J connectivity index is 2.28. The Hall–Kier alpha value is -1.94. The molecule has 0 aliphatic heterocycles. The number of anilines is 2. The maximum absolute atomic E-state index is 12.3. The number of halogens is 1. The molecular formula is C14H16ClN3O. The molecule has 0 aliphatic carbocycles. The first-order valence-electron chi connectivity index (χ1n) is 6.02. The van der Waals surface area contributed by atoms with Gasteiger partial charge in [-0.3, -0.25) is 4.79 Å². The Bertz CT molecular complexity index is 604. The van der Waals surface area contributed by atoms with Crippen LogP contribution in [0.5, 0.6) is 0 Å². The fraction of sp³-hybridized carbons (Fsp3) is 0.214. The average Bonchev–Trinajstić information content (AvgIpc) is 2.74. The molecular weight excluding hydrogens is 262 g/mol. The molecule has 0 atom stereocenters. The number of benzene rings is 1. The molecule has 19 heavy (non-hydrogen) atoms. The zero-order chi connectivity index (χ0) is 14.0. The molecule has 1 heterocycles. The standard InChI is InChI=1S/C14H16ClN3O/c1-9(2)18-8-10(16)7-13(18)14(19)17-12-6-4-3-5-11(12)15/h3-9H,16H2,1-2H3,(H,17,19). The van der Waals surface area contributed by atoms with Crippen molar-refractivity contribution in [1.29, 1.82) is 0 Å². The van der Waals surface area contributed by atoms with Gasteiger partial charge in [0.15, 0.2) is 0 Å². The number of rotatable bonds is 3. The number of hydrogen-bond acceptors (Lipinski definition) is 2. The highest BCUT2D eigenvalue weighted by atomic mass is 35.5. The molecule has 100 valence electrons. The first-order chi connectivity index (χ1) is 8.99. The molecule has 0 fully saturated rings. The van der Waals surface area contributed by atoms with Gasteiger partial charge < -0.3 is 15.6 Å². The number of amides is 1. The molecule has 0 aliphatic rings. The molecule has 4 nitrogen and oxygen atoms in total. The smallest absolute Gasteiger partial charge is 0.272 e. The van der Waals surface area contributed by atoms with Gasteiger partial charge in [0, 0.05) is 12.2 Å². The van der Waals surface area contributed by atoms with Crippen LogP contribution in [-0.4, -0.2) is 10.5 Å². The number of para-hydroxylation sites is 1. The van der Waals surface area contributed by atoms with Crippen LogP contribution in [-0.2, 0) is 0 Å². The van der Waals surface area contributed by atoms with Gasteiger partial charge in [0.25, 0.3) is 5.91 Å². The minimum atomic E-state index is -0.224. The van der Waals surface area contributed by atoms with Gasteiger partial charge in [-0.15, -0.1) is 0 Å². The summed E-state index contributed by atoms with van der Waals surface area (Å²) in [5, 5.41) is 3.29. The fourth-order valence-corrected chi connectivity index (χ4v) is 2.04. The minimum Gasteiger partial charge on any atom is -0.397 e. The van der Waals surface area contributed by atoms with Gasteiger partial charge in [-0.25, -0.2) is 0 Å². The van der Waals surface area contributed by atoms with Gasteiger partial charge in [-0.1, -0.05) is 23.7 Å². The molecule has 2 aromatic rings. The lowest BCUT2D eigenvalue weighted by Crippen LogP contribution is -2.17. The van der Waals surface area contributed by atoms with E-state index in [0.29, 0.717) is 22.1 Å². The van der Waals surface area contributed by atoms with Gasteiger partial charge in [-0.2, -0.15) is 0 Å². The van der Waals surface area contributed by atoms with Crippen LogP contribution in [0, 0.1) is 0 Å². The van der Waals surface area contributed by atoms with Crippen molar-refractivity contribution in [1.82, 2.24) is 4.57 Å². The Morgan fingerprint density at radius 2 is 2.05 bits per heavy atom. The topological polar surface area (TPSA) is 60.0 Å². The lowest BCUT2D eigenvalue weighted by Gasteiger charge is -2.13. The number of nitrogens with one attached hydrogen (secondary N) is 1. The lowest BCUT2D eigenvalue weighted by atomic mass is 10.3. The summed E-state index contributed by atoms with van der Waals surface area (Å²) in [6.45, 7) is 3.98. The summed E-state index contributed by atoms with van der Waals surface area (Å²) in [4.78, 5) is 12.3.